The van der Waals surface area contributed by atoms with Crippen molar-refractivity contribution in [1.82, 2.24) is 9.55 Å². The van der Waals surface area contributed by atoms with E-state index in [1.165, 1.54) is 6.07 Å². The topological polar surface area (TPSA) is 54.9 Å². The number of fused-ring (bicyclic) bond motifs is 1. The predicted molar refractivity (Wildman–Crippen MR) is 81.7 cm³/mol. The molecule has 0 spiro atoms. The van der Waals surface area contributed by atoms with E-state index in [-0.39, 0.29) is 17.3 Å². The van der Waals surface area contributed by atoms with E-state index in [9.17, 15) is 12.8 Å². The summed E-state index contributed by atoms with van der Waals surface area (Å²) in [6.45, 7) is 1.87. The predicted octanol–water partition coefficient (Wildman–Crippen LogP) is 3.13. The SMILES string of the molecule is CC1(n2c(=S)[nH]c3cc(F)c(Br)cc32)CCS(=O)(=O)C1. The molecule has 4 nitrogen and oxygen atoms in total. The van der Waals surface area contributed by atoms with E-state index < -0.39 is 15.4 Å². The number of rotatable bonds is 1. The Kier molecular flexibility index (Phi) is 3.11. The van der Waals surface area contributed by atoms with Crippen LogP contribution in [0.25, 0.3) is 11.0 Å². The summed E-state index contributed by atoms with van der Waals surface area (Å²) >= 11 is 8.45. The van der Waals surface area contributed by atoms with Gasteiger partial charge in [-0.25, -0.2) is 12.8 Å². The molecule has 1 aromatic carbocycles. The summed E-state index contributed by atoms with van der Waals surface area (Å²) < 4.78 is 39.7. The Labute approximate surface area is 129 Å². The van der Waals surface area contributed by atoms with Crippen LogP contribution < -0.4 is 0 Å². The van der Waals surface area contributed by atoms with Crippen LogP contribution in [0.1, 0.15) is 13.3 Å². The first kappa shape index (κ1) is 14.2. The van der Waals surface area contributed by atoms with E-state index in [0.717, 1.165) is 0 Å². The maximum absolute atomic E-state index is 13.6. The molecular formula is C12H12BrFN2O2S2. The van der Waals surface area contributed by atoms with Crippen molar-refractivity contribution in [1.29, 1.82) is 0 Å². The summed E-state index contributed by atoms with van der Waals surface area (Å²) in [6.07, 6.45) is 0.506. The summed E-state index contributed by atoms with van der Waals surface area (Å²) in [5.74, 6) is -0.179. The molecule has 2 heterocycles. The molecule has 3 rings (SSSR count). The summed E-state index contributed by atoms with van der Waals surface area (Å²) in [6, 6.07) is 2.99. The van der Waals surface area contributed by atoms with E-state index >= 15 is 0 Å². The number of imidazole rings is 1. The Morgan fingerprint density at radius 2 is 2.20 bits per heavy atom. The van der Waals surface area contributed by atoms with E-state index in [4.69, 9.17) is 12.2 Å². The molecular weight excluding hydrogens is 367 g/mol. The first-order valence-corrected chi connectivity index (χ1v) is 9.05. The Bertz CT molecular complexity index is 871. The van der Waals surface area contributed by atoms with Crippen molar-refractivity contribution in [2.24, 2.45) is 0 Å². The highest BCUT2D eigenvalue weighted by molar-refractivity contribution is 9.10. The number of hydrogen-bond donors (Lipinski definition) is 1. The number of hydrogen-bond acceptors (Lipinski definition) is 3. The van der Waals surface area contributed by atoms with Gasteiger partial charge in [-0.1, -0.05) is 0 Å². The van der Waals surface area contributed by atoms with Gasteiger partial charge in [0, 0.05) is 6.07 Å². The number of nitrogens with one attached hydrogen (secondary N) is 1. The van der Waals surface area contributed by atoms with Crippen molar-refractivity contribution in [2.45, 2.75) is 18.9 Å². The molecule has 1 saturated heterocycles. The fraction of sp³-hybridized carbons (Fsp3) is 0.417. The molecule has 1 atom stereocenters. The van der Waals surface area contributed by atoms with E-state index in [0.29, 0.717) is 26.7 Å². The summed E-state index contributed by atoms with van der Waals surface area (Å²) in [7, 11) is -3.05. The first-order chi connectivity index (χ1) is 9.22. The third-order valence-electron chi connectivity index (χ3n) is 3.75. The van der Waals surface area contributed by atoms with Crippen LogP contribution in [0, 0.1) is 10.6 Å². The van der Waals surface area contributed by atoms with Gasteiger partial charge in [-0.05, 0) is 47.6 Å². The Balaban J connectivity index is 2.30. The maximum atomic E-state index is 13.6. The lowest BCUT2D eigenvalue weighted by Crippen LogP contribution is -2.31. The molecule has 20 heavy (non-hydrogen) atoms. The second kappa shape index (κ2) is 4.38. The lowest BCUT2D eigenvalue weighted by Gasteiger charge is -2.25. The average molecular weight is 379 g/mol. The zero-order valence-corrected chi connectivity index (χ0v) is 13.8. The van der Waals surface area contributed by atoms with E-state index in [1.807, 2.05) is 6.92 Å². The van der Waals surface area contributed by atoms with Gasteiger partial charge in [-0.2, -0.15) is 0 Å². The highest BCUT2D eigenvalue weighted by atomic mass is 79.9. The van der Waals surface area contributed by atoms with Crippen LogP contribution in [0.4, 0.5) is 4.39 Å². The van der Waals surface area contributed by atoms with Gasteiger partial charge in [0.25, 0.3) is 0 Å². The van der Waals surface area contributed by atoms with Gasteiger partial charge in [0.05, 0.1) is 32.6 Å². The number of aromatic amines is 1. The average Bonchev–Trinajstić information content (AvgIpc) is 2.77. The van der Waals surface area contributed by atoms with Crippen LogP contribution >= 0.6 is 28.1 Å². The van der Waals surface area contributed by atoms with Gasteiger partial charge in [0.1, 0.15) is 5.82 Å². The molecule has 0 aliphatic carbocycles. The minimum absolute atomic E-state index is 0.0518. The minimum atomic E-state index is -3.05. The fourth-order valence-electron chi connectivity index (χ4n) is 2.81. The molecule has 0 amide bonds. The van der Waals surface area contributed by atoms with Gasteiger partial charge in [0.15, 0.2) is 14.6 Å². The van der Waals surface area contributed by atoms with Gasteiger partial charge >= 0.3 is 0 Å². The van der Waals surface area contributed by atoms with Crippen LogP contribution in [0.5, 0.6) is 0 Å². The van der Waals surface area contributed by atoms with Crippen LogP contribution in [0.15, 0.2) is 16.6 Å². The molecule has 1 aromatic heterocycles. The van der Waals surface area contributed by atoms with Crippen molar-refractivity contribution >= 4 is 49.0 Å². The molecule has 108 valence electrons. The summed E-state index contributed by atoms with van der Waals surface area (Å²) in [4.78, 5) is 2.95. The number of H-pyrrole nitrogens is 1. The van der Waals surface area contributed by atoms with Gasteiger partial charge in [-0.15, -0.1) is 0 Å². The highest BCUT2D eigenvalue weighted by Gasteiger charge is 2.41. The molecule has 1 fully saturated rings. The third-order valence-corrected chi connectivity index (χ3v) is 6.53. The van der Waals surface area contributed by atoms with Crippen molar-refractivity contribution in [3.63, 3.8) is 0 Å². The molecule has 0 saturated carbocycles. The molecule has 1 aliphatic heterocycles. The zero-order valence-electron chi connectivity index (χ0n) is 10.6. The molecule has 1 unspecified atom stereocenters. The Morgan fingerprint density at radius 3 is 2.80 bits per heavy atom. The fourth-order valence-corrected chi connectivity index (χ4v) is 5.68. The van der Waals surface area contributed by atoms with Crippen molar-refractivity contribution in [2.75, 3.05) is 11.5 Å². The van der Waals surface area contributed by atoms with Crippen molar-refractivity contribution in [3.05, 3.63) is 27.2 Å². The lowest BCUT2D eigenvalue weighted by molar-refractivity contribution is 0.372. The number of benzene rings is 1. The van der Waals surface area contributed by atoms with Gasteiger partial charge in [0.2, 0.25) is 0 Å². The normalized spacial score (nSPS) is 25.4. The largest absolute Gasteiger partial charge is 0.330 e. The Hall–Kier alpha value is -0.730. The summed E-state index contributed by atoms with van der Waals surface area (Å²) in [5.41, 5.74) is 0.690. The third kappa shape index (κ3) is 2.14. The van der Waals surface area contributed by atoms with E-state index in [2.05, 4.69) is 20.9 Å². The van der Waals surface area contributed by atoms with E-state index in [1.54, 1.807) is 10.6 Å². The molecule has 1 aliphatic rings. The molecule has 8 heteroatoms. The number of nitrogens with zero attached hydrogens (tertiary/aromatic N) is 1. The molecule has 1 N–H and O–H groups in total. The van der Waals surface area contributed by atoms with Crippen molar-refractivity contribution < 1.29 is 12.8 Å². The molecule has 0 bridgehead atoms. The van der Waals surface area contributed by atoms with Crippen LogP contribution in [-0.4, -0.2) is 29.5 Å². The second-order valence-electron chi connectivity index (χ2n) is 5.39. The van der Waals surface area contributed by atoms with Crippen LogP contribution in [0.2, 0.25) is 0 Å². The second-order valence-corrected chi connectivity index (χ2v) is 8.81. The molecule has 0 radical (unpaired) electrons. The van der Waals surface area contributed by atoms with Gasteiger partial charge < -0.3 is 9.55 Å². The Morgan fingerprint density at radius 1 is 1.50 bits per heavy atom. The number of halogens is 2. The minimum Gasteiger partial charge on any atom is -0.330 e. The van der Waals surface area contributed by atoms with Gasteiger partial charge in [-0.3, -0.25) is 0 Å². The quantitative estimate of drug-likeness (QED) is 0.775. The highest BCUT2D eigenvalue weighted by Crippen LogP contribution is 2.35. The smallest absolute Gasteiger partial charge is 0.178 e. The van der Waals surface area contributed by atoms with Crippen LogP contribution in [-0.2, 0) is 15.4 Å². The van der Waals surface area contributed by atoms with Crippen LogP contribution in [0.3, 0.4) is 0 Å². The zero-order chi connectivity index (χ0) is 14.7. The lowest BCUT2D eigenvalue weighted by atomic mass is 10.0. The first-order valence-electron chi connectivity index (χ1n) is 6.03. The monoisotopic (exact) mass is 378 g/mol. The van der Waals surface area contributed by atoms with Crippen molar-refractivity contribution in [3.8, 4) is 0 Å². The molecule has 2 aromatic rings. The number of sulfone groups is 1. The summed E-state index contributed by atoms with van der Waals surface area (Å²) in [5, 5.41) is 0. The number of aromatic nitrogens is 2. The standard InChI is InChI=1S/C12H12BrFN2O2S2/c1-12(2-3-20(17,18)6-12)16-10-4-7(13)8(14)5-9(10)15-11(16)19/h4-5H,2-3,6H2,1H3,(H,15,19). The maximum Gasteiger partial charge on any atom is 0.178 e.